The maximum atomic E-state index is 6.02. The second-order valence-electron chi connectivity index (χ2n) is 5.74. The SMILES string of the molecule is ClCc1cccnc1N1CCC(Cc2ccccc2)CC1. The van der Waals surface area contributed by atoms with Crippen LogP contribution >= 0.6 is 11.6 Å². The number of benzene rings is 1. The fourth-order valence-corrected chi connectivity index (χ4v) is 3.32. The first kappa shape index (κ1) is 14.4. The Kier molecular flexibility index (Phi) is 4.76. The molecule has 0 atom stereocenters. The number of anilines is 1. The van der Waals surface area contributed by atoms with Gasteiger partial charge in [-0.2, -0.15) is 0 Å². The summed E-state index contributed by atoms with van der Waals surface area (Å²) in [6, 6.07) is 14.8. The molecule has 110 valence electrons. The van der Waals surface area contributed by atoms with Gasteiger partial charge in [0.25, 0.3) is 0 Å². The van der Waals surface area contributed by atoms with Gasteiger partial charge in [-0.1, -0.05) is 36.4 Å². The average Bonchev–Trinajstić information content (AvgIpc) is 2.56. The van der Waals surface area contributed by atoms with Crippen molar-refractivity contribution in [1.82, 2.24) is 4.98 Å². The first-order valence-electron chi connectivity index (χ1n) is 7.65. The fourth-order valence-electron chi connectivity index (χ4n) is 3.12. The molecule has 1 aromatic carbocycles. The average molecular weight is 301 g/mol. The number of aromatic nitrogens is 1. The van der Waals surface area contributed by atoms with Gasteiger partial charge in [0.2, 0.25) is 0 Å². The van der Waals surface area contributed by atoms with Gasteiger partial charge in [0.05, 0.1) is 5.88 Å². The minimum Gasteiger partial charge on any atom is -0.356 e. The Morgan fingerprint density at radius 2 is 1.81 bits per heavy atom. The van der Waals surface area contributed by atoms with E-state index in [1.54, 1.807) is 0 Å². The third-order valence-electron chi connectivity index (χ3n) is 4.29. The van der Waals surface area contributed by atoms with E-state index in [1.165, 1.54) is 24.8 Å². The molecular weight excluding hydrogens is 280 g/mol. The first-order chi connectivity index (χ1) is 10.4. The number of hydrogen-bond donors (Lipinski definition) is 0. The van der Waals surface area contributed by atoms with Gasteiger partial charge in [0.1, 0.15) is 5.82 Å². The van der Waals surface area contributed by atoms with Gasteiger partial charge in [-0.05, 0) is 36.8 Å². The van der Waals surface area contributed by atoms with Crippen LogP contribution in [0, 0.1) is 5.92 Å². The van der Waals surface area contributed by atoms with E-state index in [9.17, 15) is 0 Å². The van der Waals surface area contributed by atoms with Crippen molar-refractivity contribution in [2.45, 2.75) is 25.1 Å². The smallest absolute Gasteiger partial charge is 0.132 e. The molecule has 0 saturated carbocycles. The van der Waals surface area contributed by atoms with Gasteiger partial charge in [-0.15, -0.1) is 11.6 Å². The van der Waals surface area contributed by atoms with Crippen LogP contribution < -0.4 is 4.90 Å². The quantitative estimate of drug-likeness (QED) is 0.784. The first-order valence-corrected chi connectivity index (χ1v) is 8.19. The number of piperidine rings is 1. The van der Waals surface area contributed by atoms with E-state index in [1.807, 2.05) is 12.3 Å². The lowest BCUT2D eigenvalue weighted by Gasteiger charge is -2.33. The summed E-state index contributed by atoms with van der Waals surface area (Å²) in [5.41, 5.74) is 2.59. The molecular formula is C18H21ClN2. The van der Waals surface area contributed by atoms with E-state index in [2.05, 4.69) is 46.3 Å². The third-order valence-corrected chi connectivity index (χ3v) is 4.58. The minimum absolute atomic E-state index is 0.535. The number of nitrogens with zero attached hydrogens (tertiary/aromatic N) is 2. The van der Waals surface area contributed by atoms with Crippen molar-refractivity contribution >= 4 is 17.4 Å². The lowest BCUT2D eigenvalue weighted by molar-refractivity contribution is 0.402. The van der Waals surface area contributed by atoms with Crippen LogP contribution in [0.1, 0.15) is 24.0 Å². The topological polar surface area (TPSA) is 16.1 Å². The molecule has 0 bridgehead atoms. The van der Waals surface area contributed by atoms with E-state index in [0.29, 0.717) is 5.88 Å². The molecule has 0 spiro atoms. The summed E-state index contributed by atoms with van der Waals surface area (Å²) in [6.07, 6.45) is 5.51. The van der Waals surface area contributed by atoms with Crippen molar-refractivity contribution in [1.29, 1.82) is 0 Å². The Balaban J connectivity index is 1.60. The van der Waals surface area contributed by atoms with Crippen LogP contribution in [0.3, 0.4) is 0 Å². The molecule has 3 heteroatoms. The maximum Gasteiger partial charge on any atom is 0.132 e. The molecule has 3 rings (SSSR count). The summed E-state index contributed by atoms with van der Waals surface area (Å²) in [7, 11) is 0. The summed E-state index contributed by atoms with van der Waals surface area (Å²) >= 11 is 6.02. The molecule has 0 amide bonds. The zero-order chi connectivity index (χ0) is 14.5. The van der Waals surface area contributed by atoms with Gasteiger partial charge in [-0.25, -0.2) is 4.98 Å². The summed E-state index contributed by atoms with van der Waals surface area (Å²) < 4.78 is 0. The van der Waals surface area contributed by atoms with Crippen molar-refractivity contribution in [3.8, 4) is 0 Å². The highest BCUT2D eigenvalue weighted by molar-refractivity contribution is 6.17. The summed E-state index contributed by atoms with van der Waals surface area (Å²) in [5.74, 6) is 2.39. The number of rotatable bonds is 4. The number of halogens is 1. The standard InChI is InChI=1S/C18H21ClN2/c19-14-17-7-4-10-20-18(17)21-11-8-16(9-12-21)13-15-5-2-1-3-6-15/h1-7,10,16H,8-9,11-14H2. The fraction of sp³-hybridized carbons (Fsp3) is 0.389. The summed E-state index contributed by atoms with van der Waals surface area (Å²) in [5, 5.41) is 0. The van der Waals surface area contributed by atoms with Crippen LogP contribution in [0.25, 0.3) is 0 Å². The van der Waals surface area contributed by atoms with Gasteiger partial charge in [0, 0.05) is 24.8 Å². The molecule has 1 aromatic heterocycles. The van der Waals surface area contributed by atoms with E-state index >= 15 is 0 Å². The van der Waals surface area contributed by atoms with Crippen LogP contribution in [0.2, 0.25) is 0 Å². The molecule has 1 aliphatic rings. The van der Waals surface area contributed by atoms with Crippen molar-refractivity contribution in [2.24, 2.45) is 5.92 Å². The highest BCUT2D eigenvalue weighted by Crippen LogP contribution is 2.27. The molecule has 0 radical (unpaired) electrons. The lowest BCUT2D eigenvalue weighted by Crippen LogP contribution is -2.35. The highest BCUT2D eigenvalue weighted by Gasteiger charge is 2.21. The molecule has 0 unspecified atom stereocenters. The van der Waals surface area contributed by atoms with Crippen LogP contribution in [0.15, 0.2) is 48.7 Å². The van der Waals surface area contributed by atoms with Crippen molar-refractivity contribution < 1.29 is 0 Å². The largest absolute Gasteiger partial charge is 0.356 e. The minimum atomic E-state index is 0.535. The second kappa shape index (κ2) is 6.95. The van der Waals surface area contributed by atoms with Crippen LogP contribution in [-0.4, -0.2) is 18.1 Å². The number of alkyl halides is 1. The van der Waals surface area contributed by atoms with Gasteiger partial charge in [-0.3, -0.25) is 0 Å². The lowest BCUT2D eigenvalue weighted by atomic mass is 9.90. The van der Waals surface area contributed by atoms with E-state index < -0.39 is 0 Å². The Morgan fingerprint density at radius 3 is 2.52 bits per heavy atom. The van der Waals surface area contributed by atoms with Crippen LogP contribution in [0.5, 0.6) is 0 Å². The normalized spacial score (nSPS) is 16.1. The van der Waals surface area contributed by atoms with Crippen LogP contribution in [-0.2, 0) is 12.3 Å². The van der Waals surface area contributed by atoms with Gasteiger partial charge >= 0.3 is 0 Å². The van der Waals surface area contributed by atoms with Crippen molar-refractivity contribution in [3.63, 3.8) is 0 Å². The monoisotopic (exact) mass is 300 g/mol. The second-order valence-corrected chi connectivity index (χ2v) is 6.01. The highest BCUT2D eigenvalue weighted by atomic mass is 35.5. The summed E-state index contributed by atoms with van der Waals surface area (Å²) in [6.45, 7) is 2.16. The molecule has 2 aromatic rings. The molecule has 21 heavy (non-hydrogen) atoms. The molecule has 0 aliphatic carbocycles. The zero-order valence-electron chi connectivity index (χ0n) is 12.2. The molecule has 1 fully saturated rings. The van der Waals surface area contributed by atoms with Crippen molar-refractivity contribution in [2.75, 3.05) is 18.0 Å². The Bertz CT molecular complexity index is 562. The number of pyridine rings is 1. The van der Waals surface area contributed by atoms with E-state index in [4.69, 9.17) is 11.6 Å². The van der Waals surface area contributed by atoms with Crippen molar-refractivity contribution in [3.05, 3.63) is 59.8 Å². The summed E-state index contributed by atoms with van der Waals surface area (Å²) in [4.78, 5) is 6.91. The zero-order valence-corrected chi connectivity index (χ0v) is 13.0. The Hall–Kier alpha value is -1.54. The van der Waals surface area contributed by atoms with Gasteiger partial charge < -0.3 is 4.90 Å². The maximum absolute atomic E-state index is 6.02. The van der Waals surface area contributed by atoms with E-state index in [0.717, 1.165) is 30.4 Å². The predicted molar refractivity (Wildman–Crippen MR) is 88.9 cm³/mol. The number of hydrogen-bond acceptors (Lipinski definition) is 2. The van der Waals surface area contributed by atoms with E-state index in [-0.39, 0.29) is 0 Å². The molecule has 2 heterocycles. The Labute approximate surface area is 131 Å². The molecule has 1 aliphatic heterocycles. The molecule has 2 nitrogen and oxygen atoms in total. The van der Waals surface area contributed by atoms with Gasteiger partial charge in [0.15, 0.2) is 0 Å². The third kappa shape index (κ3) is 3.56. The molecule has 1 saturated heterocycles. The van der Waals surface area contributed by atoms with Crippen LogP contribution in [0.4, 0.5) is 5.82 Å². The predicted octanol–water partition coefficient (Wildman–Crippen LogP) is 4.28. The molecule has 0 N–H and O–H groups in total. The Morgan fingerprint density at radius 1 is 1.05 bits per heavy atom.